The summed E-state index contributed by atoms with van der Waals surface area (Å²) in [6.07, 6.45) is 2.09. The number of rotatable bonds is 5. The van der Waals surface area contributed by atoms with Gasteiger partial charge < -0.3 is 14.7 Å². The van der Waals surface area contributed by atoms with Gasteiger partial charge in [0, 0.05) is 13.5 Å². The number of amides is 1. The summed E-state index contributed by atoms with van der Waals surface area (Å²) in [6.45, 7) is 4.87. The zero-order valence-electron chi connectivity index (χ0n) is 9.82. The number of likely N-dealkylation sites (tertiary alicyclic amines) is 1. The summed E-state index contributed by atoms with van der Waals surface area (Å²) < 4.78 is 5.07. The van der Waals surface area contributed by atoms with Crippen molar-refractivity contribution in [3.05, 3.63) is 0 Å². The maximum Gasteiger partial charge on any atom is 0.222 e. The molecule has 0 radical (unpaired) electrons. The Labute approximate surface area is 91.2 Å². The molecule has 0 aromatic carbocycles. The summed E-state index contributed by atoms with van der Waals surface area (Å²) in [6, 6.07) is 0. The van der Waals surface area contributed by atoms with Crippen molar-refractivity contribution in [2.75, 3.05) is 20.2 Å². The van der Waals surface area contributed by atoms with E-state index in [1.165, 1.54) is 0 Å². The number of hydrogen-bond acceptors (Lipinski definition) is 3. The number of β-amino-alcohol motifs (C(OH)–C–C–N with tert-alkyl or cyclic N) is 1. The molecule has 0 bridgehead atoms. The minimum absolute atomic E-state index is 0.122. The van der Waals surface area contributed by atoms with E-state index in [0.29, 0.717) is 25.9 Å². The zero-order chi connectivity index (χ0) is 11.5. The van der Waals surface area contributed by atoms with Gasteiger partial charge >= 0.3 is 0 Å². The first-order chi connectivity index (χ1) is 7.00. The van der Waals surface area contributed by atoms with Gasteiger partial charge in [-0.25, -0.2) is 0 Å². The molecule has 4 heteroatoms. The van der Waals surface area contributed by atoms with Gasteiger partial charge in [0.05, 0.1) is 24.8 Å². The van der Waals surface area contributed by atoms with Crippen LogP contribution in [0.3, 0.4) is 0 Å². The van der Waals surface area contributed by atoms with Gasteiger partial charge in [-0.2, -0.15) is 0 Å². The molecule has 1 saturated heterocycles. The van der Waals surface area contributed by atoms with Crippen LogP contribution in [0.15, 0.2) is 0 Å². The molecular weight excluding hydrogens is 194 g/mol. The average Bonchev–Trinajstić information content (AvgIpc) is 2.20. The molecule has 1 amide bonds. The molecule has 1 unspecified atom stereocenters. The smallest absolute Gasteiger partial charge is 0.222 e. The summed E-state index contributed by atoms with van der Waals surface area (Å²) in [5.74, 6) is 0.122. The second-order valence-corrected chi connectivity index (χ2v) is 4.41. The molecule has 1 atom stereocenters. The van der Waals surface area contributed by atoms with Crippen molar-refractivity contribution >= 4 is 5.91 Å². The van der Waals surface area contributed by atoms with Crippen molar-refractivity contribution in [1.82, 2.24) is 4.90 Å². The van der Waals surface area contributed by atoms with E-state index >= 15 is 0 Å². The Morgan fingerprint density at radius 1 is 1.60 bits per heavy atom. The van der Waals surface area contributed by atoms with Gasteiger partial charge in [-0.05, 0) is 19.8 Å². The third kappa shape index (κ3) is 3.18. The Morgan fingerprint density at radius 2 is 2.20 bits per heavy atom. The Bertz CT molecular complexity index is 224. The van der Waals surface area contributed by atoms with Crippen LogP contribution in [0.4, 0.5) is 0 Å². The van der Waals surface area contributed by atoms with Crippen LogP contribution < -0.4 is 0 Å². The quantitative estimate of drug-likeness (QED) is 0.737. The zero-order valence-corrected chi connectivity index (χ0v) is 9.82. The van der Waals surface area contributed by atoms with Crippen molar-refractivity contribution in [2.45, 2.75) is 44.8 Å². The molecule has 1 N–H and O–H groups in total. The fourth-order valence-electron chi connectivity index (χ4n) is 1.67. The number of carbonyl (C=O) groups is 1. The second kappa shape index (κ2) is 4.94. The van der Waals surface area contributed by atoms with Gasteiger partial charge in [0.25, 0.3) is 0 Å². The van der Waals surface area contributed by atoms with E-state index in [-0.39, 0.29) is 12.0 Å². The van der Waals surface area contributed by atoms with E-state index < -0.39 is 5.60 Å². The molecule has 0 aromatic heterocycles. The number of hydrogen-bond donors (Lipinski definition) is 1. The Kier molecular flexibility index (Phi) is 4.11. The van der Waals surface area contributed by atoms with Crippen molar-refractivity contribution in [2.24, 2.45) is 0 Å². The Hall–Kier alpha value is -0.610. The lowest BCUT2D eigenvalue weighted by Crippen LogP contribution is -2.63. The van der Waals surface area contributed by atoms with E-state index in [4.69, 9.17) is 4.74 Å². The van der Waals surface area contributed by atoms with E-state index in [0.717, 1.165) is 6.42 Å². The summed E-state index contributed by atoms with van der Waals surface area (Å²) in [5.41, 5.74) is -0.622. The van der Waals surface area contributed by atoms with E-state index in [2.05, 4.69) is 0 Å². The molecule has 0 spiro atoms. The van der Waals surface area contributed by atoms with Crippen LogP contribution in [0.2, 0.25) is 0 Å². The number of methoxy groups -OCH3 is 1. The largest absolute Gasteiger partial charge is 0.386 e. The summed E-state index contributed by atoms with van der Waals surface area (Å²) in [7, 11) is 1.65. The number of nitrogens with zero attached hydrogens (tertiary/aromatic N) is 1. The van der Waals surface area contributed by atoms with Gasteiger partial charge in [-0.3, -0.25) is 4.79 Å². The van der Waals surface area contributed by atoms with Crippen LogP contribution >= 0.6 is 0 Å². The van der Waals surface area contributed by atoms with Gasteiger partial charge in [0.2, 0.25) is 5.91 Å². The highest BCUT2D eigenvalue weighted by Crippen LogP contribution is 2.24. The van der Waals surface area contributed by atoms with E-state index in [1.54, 1.807) is 12.0 Å². The molecule has 0 aliphatic carbocycles. The first-order valence-corrected chi connectivity index (χ1v) is 5.53. The highest BCUT2D eigenvalue weighted by molar-refractivity contribution is 5.77. The number of ether oxygens (including phenoxy) is 1. The van der Waals surface area contributed by atoms with Crippen molar-refractivity contribution < 1.29 is 14.6 Å². The summed E-state index contributed by atoms with van der Waals surface area (Å²) in [5, 5.41) is 9.74. The van der Waals surface area contributed by atoms with Crippen LogP contribution in [-0.4, -0.2) is 47.8 Å². The summed E-state index contributed by atoms with van der Waals surface area (Å²) in [4.78, 5) is 13.3. The lowest BCUT2D eigenvalue weighted by atomic mass is 9.91. The SMILES string of the molecule is CCC1(O)CN(C(=O)CCC(C)OC)C1. The maximum absolute atomic E-state index is 11.6. The Morgan fingerprint density at radius 3 is 2.67 bits per heavy atom. The Balaban J connectivity index is 2.21. The molecule has 88 valence electrons. The van der Waals surface area contributed by atoms with Crippen LogP contribution in [-0.2, 0) is 9.53 Å². The molecule has 0 aromatic rings. The first-order valence-electron chi connectivity index (χ1n) is 5.53. The van der Waals surface area contributed by atoms with E-state index in [1.807, 2.05) is 13.8 Å². The molecule has 1 fully saturated rings. The van der Waals surface area contributed by atoms with Crippen molar-refractivity contribution in [1.29, 1.82) is 0 Å². The second-order valence-electron chi connectivity index (χ2n) is 4.41. The highest BCUT2D eigenvalue weighted by Gasteiger charge is 2.41. The fourth-order valence-corrected chi connectivity index (χ4v) is 1.67. The predicted octanol–water partition coefficient (Wildman–Crippen LogP) is 0.785. The fraction of sp³-hybridized carbons (Fsp3) is 0.909. The van der Waals surface area contributed by atoms with Gasteiger partial charge in [0.15, 0.2) is 0 Å². The highest BCUT2D eigenvalue weighted by atomic mass is 16.5. The lowest BCUT2D eigenvalue weighted by molar-refractivity contribution is -0.156. The van der Waals surface area contributed by atoms with Crippen LogP contribution in [0, 0.1) is 0 Å². The lowest BCUT2D eigenvalue weighted by Gasteiger charge is -2.46. The van der Waals surface area contributed by atoms with Gasteiger partial charge in [-0.1, -0.05) is 6.92 Å². The van der Waals surface area contributed by atoms with Crippen molar-refractivity contribution in [3.63, 3.8) is 0 Å². The molecule has 1 aliphatic rings. The molecule has 1 rings (SSSR count). The van der Waals surface area contributed by atoms with Crippen LogP contribution in [0.5, 0.6) is 0 Å². The normalized spacial score (nSPS) is 20.9. The molecule has 1 aliphatic heterocycles. The van der Waals surface area contributed by atoms with Crippen LogP contribution in [0.25, 0.3) is 0 Å². The topological polar surface area (TPSA) is 49.8 Å². The molecule has 1 heterocycles. The van der Waals surface area contributed by atoms with Crippen molar-refractivity contribution in [3.8, 4) is 0 Å². The minimum Gasteiger partial charge on any atom is -0.386 e. The summed E-state index contributed by atoms with van der Waals surface area (Å²) >= 11 is 0. The number of carbonyl (C=O) groups excluding carboxylic acids is 1. The van der Waals surface area contributed by atoms with Gasteiger partial charge in [-0.15, -0.1) is 0 Å². The average molecular weight is 215 g/mol. The van der Waals surface area contributed by atoms with E-state index in [9.17, 15) is 9.90 Å². The molecule has 0 saturated carbocycles. The minimum atomic E-state index is -0.622. The van der Waals surface area contributed by atoms with Gasteiger partial charge in [0.1, 0.15) is 0 Å². The standard InChI is InChI=1S/C11H21NO3/c1-4-11(14)7-12(8-11)10(13)6-5-9(2)15-3/h9,14H,4-8H2,1-3H3. The molecule has 4 nitrogen and oxygen atoms in total. The molecule has 15 heavy (non-hydrogen) atoms. The predicted molar refractivity (Wildman–Crippen MR) is 57.5 cm³/mol. The third-order valence-corrected chi connectivity index (χ3v) is 3.15. The first kappa shape index (κ1) is 12.5. The number of aliphatic hydroxyl groups is 1. The maximum atomic E-state index is 11.6. The van der Waals surface area contributed by atoms with Crippen LogP contribution in [0.1, 0.15) is 33.1 Å². The monoisotopic (exact) mass is 215 g/mol. The molecular formula is C11H21NO3. The third-order valence-electron chi connectivity index (χ3n) is 3.15.